The van der Waals surface area contributed by atoms with Crippen LogP contribution < -0.4 is 9.47 Å². The average molecular weight is 377 g/mol. The highest BCUT2D eigenvalue weighted by Gasteiger charge is 2.23. The maximum absolute atomic E-state index is 13.6. The molecular formula is C20H21F2NO4. The zero-order chi connectivity index (χ0) is 19.4. The number of methoxy groups -OCH3 is 1. The first-order chi connectivity index (χ1) is 13.0. The van der Waals surface area contributed by atoms with Gasteiger partial charge in [-0.05, 0) is 36.6 Å². The summed E-state index contributed by atoms with van der Waals surface area (Å²) in [4.78, 5) is 12.5. The van der Waals surface area contributed by atoms with E-state index in [0.29, 0.717) is 36.6 Å². The Morgan fingerprint density at radius 3 is 2.59 bits per heavy atom. The quantitative estimate of drug-likeness (QED) is 0.839. The third-order valence-electron chi connectivity index (χ3n) is 4.68. The van der Waals surface area contributed by atoms with E-state index in [-0.39, 0.29) is 11.7 Å². The number of amides is 1. The van der Waals surface area contributed by atoms with Crippen LogP contribution in [0, 0.1) is 17.6 Å². The number of carbonyl (C=O) groups is 1. The van der Waals surface area contributed by atoms with Crippen LogP contribution in [0.25, 0.3) is 11.1 Å². The number of hydrogen-bond acceptors (Lipinski definition) is 3. The molecule has 144 valence electrons. The minimum absolute atomic E-state index is 0.154. The molecule has 1 atom stereocenters. The molecule has 0 aromatic heterocycles. The number of ether oxygens (including phenoxy) is 2. The lowest BCUT2D eigenvalue weighted by molar-refractivity contribution is 0.105. The van der Waals surface area contributed by atoms with Crippen LogP contribution >= 0.6 is 0 Å². The van der Waals surface area contributed by atoms with E-state index in [4.69, 9.17) is 14.6 Å². The van der Waals surface area contributed by atoms with Crippen LogP contribution in [0.1, 0.15) is 12.8 Å². The van der Waals surface area contributed by atoms with E-state index in [2.05, 4.69) is 0 Å². The Morgan fingerprint density at radius 2 is 1.93 bits per heavy atom. The van der Waals surface area contributed by atoms with Crippen molar-refractivity contribution < 1.29 is 28.2 Å². The summed E-state index contributed by atoms with van der Waals surface area (Å²) in [6.45, 7) is 1.47. The fourth-order valence-corrected chi connectivity index (χ4v) is 3.24. The Morgan fingerprint density at radius 1 is 1.22 bits per heavy atom. The van der Waals surface area contributed by atoms with Crippen LogP contribution in [0.15, 0.2) is 36.4 Å². The van der Waals surface area contributed by atoms with Gasteiger partial charge in [-0.1, -0.05) is 12.1 Å². The maximum Gasteiger partial charge on any atom is 0.407 e. The molecule has 2 aromatic carbocycles. The number of rotatable bonds is 5. The van der Waals surface area contributed by atoms with Gasteiger partial charge in [-0.2, -0.15) is 0 Å². The van der Waals surface area contributed by atoms with Gasteiger partial charge in [0, 0.05) is 30.6 Å². The fraction of sp³-hybridized carbons (Fsp3) is 0.350. The van der Waals surface area contributed by atoms with Gasteiger partial charge in [0.25, 0.3) is 0 Å². The Kier molecular flexibility index (Phi) is 5.78. The molecule has 1 unspecified atom stereocenters. The average Bonchev–Trinajstić information content (AvgIpc) is 2.68. The number of likely N-dealkylation sites (tertiary alicyclic amines) is 1. The molecule has 0 bridgehead atoms. The molecule has 1 saturated heterocycles. The summed E-state index contributed by atoms with van der Waals surface area (Å²) in [5.41, 5.74) is 1.13. The molecule has 3 rings (SSSR count). The van der Waals surface area contributed by atoms with Crippen LogP contribution in [0.5, 0.6) is 11.5 Å². The highest BCUT2D eigenvalue weighted by Crippen LogP contribution is 2.33. The molecule has 0 aliphatic carbocycles. The third-order valence-corrected chi connectivity index (χ3v) is 4.68. The van der Waals surface area contributed by atoms with Gasteiger partial charge in [-0.15, -0.1) is 0 Å². The molecule has 5 nitrogen and oxygen atoms in total. The molecule has 1 aliphatic rings. The zero-order valence-corrected chi connectivity index (χ0v) is 15.0. The van der Waals surface area contributed by atoms with Crippen molar-refractivity contribution in [3.8, 4) is 22.6 Å². The zero-order valence-electron chi connectivity index (χ0n) is 15.0. The van der Waals surface area contributed by atoms with E-state index < -0.39 is 17.7 Å². The van der Waals surface area contributed by atoms with Crippen molar-refractivity contribution in [2.24, 2.45) is 5.92 Å². The first kappa shape index (κ1) is 18.9. The number of halogens is 2. The van der Waals surface area contributed by atoms with Crippen molar-refractivity contribution in [3.63, 3.8) is 0 Å². The van der Waals surface area contributed by atoms with E-state index >= 15 is 0 Å². The molecule has 1 amide bonds. The number of nitrogens with zero attached hydrogens (tertiary/aromatic N) is 1. The van der Waals surface area contributed by atoms with Gasteiger partial charge in [0.2, 0.25) is 0 Å². The molecule has 0 radical (unpaired) electrons. The van der Waals surface area contributed by atoms with Gasteiger partial charge in [0.1, 0.15) is 11.5 Å². The molecule has 2 aromatic rings. The number of carboxylic acid groups (broad SMARTS) is 1. The van der Waals surface area contributed by atoms with Crippen LogP contribution in [-0.2, 0) is 0 Å². The van der Waals surface area contributed by atoms with Gasteiger partial charge >= 0.3 is 6.09 Å². The standard InChI is InChI=1S/C20H21F2NO4/c1-26-19-10-18(22)17(21)9-16(19)14-4-6-15(7-5-14)27-12-13-3-2-8-23(11-13)20(24)25/h4-7,9-10,13H,2-3,8,11-12H2,1H3,(H,24,25). The van der Waals surface area contributed by atoms with Crippen molar-refractivity contribution in [2.75, 3.05) is 26.8 Å². The van der Waals surface area contributed by atoms with Gasteiger partial charge in [0.15, 0.2) is 11.6 Å². The second-order valence-corrected chi connectivity index (χ2v) is 6.54. The highest BCUT2D eigenvalue weighted by atomic mass is 19.2. The normalized spacial score (nSPS) is 16.9. The maximum atomic E-state index is 13.6. The lowest BCUT2D eigenvalue weighted by atomic mass is 9.99. The van der Waals surface area contributed by atoms with Crippen molar-refractivity contribution in [1.82, 2.24) is 4.90 Å². The van der Waals surface area contributed by atoms with Crippen molar-refractivity contribution >= 4 is 6.09 Å². The molecule has 1 heterocycles. The van der Waals surface area contributed by atoms with Crippen molar-refractivity contribution in [3.05, 3.63) is 48.0 Å². The highest BCUT2D eigenvalue weighted by molar-refractivity contribution is 5.71. The number of hydrogen-bond donors (Lipinski definition) is 1. The van der Waals surface area contributed by atoms with E-state index in [9.17, 15) is 13.6 Å². The SMILES string of the molecule is COc1cc(F)c(F)cc1-c1ccc(OCC2CCCN(C(=O)O)C2)cc1. The summed E-state index contributed by atoms with van der Waals surface area (Å²) in [5, 5.41) is 9.08. The lowest BCUT2D eigenvalue weighted by Crippen LogP contribution is -2.40. The number of benzene rings is 2. The van der Waals surface area contributed by atoms with E-state index in [0.717, 1.165) is 25.0 Å². The minimum Gasteiger partial charge on any atom is -0.496 e. The summed E-state index contributed by atoms with van der Waals surface area (Å²) < 4.78 is 37.9. The van der Waals surface area contributed by atoms with Gasteiger partial charge in [-0.3, -0.25) is 0 Å². The predicted octanol–water partition coefficient (Wildman–Crippen LogP) is 4.41. The summed E-state index contributed by atoms with van der Waals surface area (Å²) in [5.74, 6) is -0.864. The minimum atomic E-state index is -0.960. The Bertz CT molecular complexity index is 810. The Labute approximate surface area is 156 Å². The molecule has 27 heavy (non-hydrogen) atoms. The van der Waals surface area contributed by atoms with E-state index in [1.54, 1.807) is 24.3 Å². The molecule has 1 fully saturated rings. The first-order valence-corrected chi connectivity index (χ1v) is 8.72. The van der Waals surface area contributed by atoms with Gasteiger partial charge in [-0.25, -0.2) is 13.6 Å². The topological polar surface area (TPSA) is 59.0 Å². The monoisotopic (exact) mass is 377 g/mol. The van der Waals surface area contributed by atoms with E-state index in [1.165, 1.54) is 12.0 Å². The van der Waals surface area contributed by atoms with E-state index in [1.807, 2.05) is 0 Å². The summed E-state index contributed by atoms with van der Waals surface area (Å²) >= 11 is 0. The predicted molar refractivity (Wildman–Crippen MR) is 96.2 cm³/mol. The molecule has 1 N–H and O–H groups in total. The smallest absolute Gasteiger partial charge is 0.407 e. The molecule has 0 saturated carbocycles. The Hall–Kier alpha value is -2.83. The first-order valence-electron chi connectivity index (χ1n) is 8.72. The second kappa shape index (κ2) is 8.24. The second-order valence-electron chi connectivity index (χ2n) is 6.54. The van der Waals surface area contributed by atoms with Crippen molar-refractivity contribution in [1.29, 1.82) is 0 Å². The van der Waals surface area contributed by atoms with Crippen LogP contribution in [0.2, 0.25) is 0 Å². The molecular weight excluding hydrogens is 356 g/mol. The largest absolute Gasteiger partial charge is 0.496 e. The molecule has 0 spiro atoms. The third kappa shape index (κ3) is 4.48. The molecule has 7 heteroatoms. The summed E-state index contributed by atoms with van der Waals surface area (Å²) in [7, 11) is 1.40. The van der Waals surface area contributed by atoms with Crippen LogP contribution in [0.3, 0.4) is 0 Å². The fourth-order valence-electron chi connectivity index (χ4n) is 3.24. The van der Waals surface area contributed by atoms with Crippen LogP contribution in [0.4, 0.5) is 13.6 Å². The Balaban J connectivity index is 1.66. The number of piperidine rings is 1. The van der Waals surface area contributed by atoms with Crippen LogP contribution in [-0.4, -0.2) is 42.9 Å². The van der Waals surface area contributed by atoms with Gasteiger partial charge < -0.3 is 19.5 Å². The van der Waals surface area contributed by atoms with Crippen molar-refractivity contribution in [2.45, 2.75) is 12.8 Å². The molecule has 1 aliphatic heterocycles. The summed E-state index contributed by atoms with van der Waals surface area (Å²) in [6, 6.07) is 9.10. The lowest BCUT2D eigenvalue weighted by Gasteiger charge is -2.30. The summed E-state index contributed by atoms with van der Waals surface area (Å²) in [6.07, 6.45) is 0.855. The van der Waals surface area contributed by atoms with Gasteiger partial charge in [0.05, 0.1) is 13.7 Å².